The van der Waals surface area contributed by atoms with Crippen molar-refractivity contribution in [2.24, 2.45) is 5.73 Å². The molecule has 0 spiro atoms. The Morgan fingerprint density at radius 1 is 1.00 bits per heavy atom. The molecule has 2 nitrogen and oxygen atoms in total. The highest BCUT2D eigenvalue weighted by Gasteiger charge is 2.17. The molecule has 0 radical (unpaired) electrons. The molecule has 0 fully saturated rings. The summed E-state index contributed by atoms with van der Waals surface area (Å²) in [5.41, 5.74) is 7.68. The van der Waals surface area contributed by atoms with Gasteiger partial charge < -0.3 is 10.8 Å². The maximum atomic E-state index is 9.44. The van der Waals surface area contributed by atoms with Crippen LogP contribution < -0.4 is 5.73 Å². The maximum absolute atomic E-state index is 9.44. The molecule has 0 aliphatic carbocycles. The van der Waals surface area contributed by atoms with Crippen molar-refractivity contribution in [1.82, 2.24) is 0 Å². The lowest BCUT2D eigenvalue weighted by Gasteiger charge is -2.18. The van der Waals surface area contributed by atoms with E-state index in [0.29, 0.717) is 28.0 Å². The van der Waals surface area contributed by atoms with E-state index >= 15 is 0 Å². The maximum Gasteiger partial charge on any atom is 0.134 e. The van der Waals surface area contributed by atoms with Gasteiger partial charge in [-0.25, -0.2) is 0 Å². The normalized spacial score (nSPS) is 12.4. The fourth-order valence-corrected chi connectivity index (χ4v) is 3.08. The van der Waals surface area contributed by atoms with Crippen LogP contribution in [-0.4, -0.2) is 11.7 Å². The zero-order valence-corrected chi connectivity index (χ0v) is 12.9. The van der Waals surface area contributed by atoms with E-state index in [1.54, 1.807) is 30.3 Å². The first kappa shape index (κ1) is 15.5. The van der Waals surface area contributed by atoms with Gasteiger partial charge in [0.2, 0.25) is 0 Å². The third-order valence-electron chi connectivity index (χ3n) is 3.19. The van der Waals surface area contributed by atoms with E-state index in [1.807, 2.05) is 6.07 Å². The van der Waals surface area contributed by atoms with Gasteiger partial charge in [0.05, 0.1) is 5.02 Å². The van der Waals surface area contributed by atoms with E-state index < -0.39 is 0 Å². The van der Waals surface area contributed by atoms with Crippen LogP contribution in [0.25, 0.3) is 0 Å². The number of phenols is 1. The number of aromatic hydroxyl groups is 1. The summed E-state index contributed by atoms with van der Waals surface area (Å²) in [5, 5.41) is 11.0. The van der Waals surface area contributed by atoms with E-state index in [9.17, 15) is 5.11 Å². The molecule has 0 bridgehead atoms. The Kier molecular flexibility index (Phi) is 5.17. The van der Waals surface area contributed by atoms with Crippen LogP contribution in [-0.2, 0) is 6.42 Å². The molecule has 20 heavy (non-hydrogen) atoms. The van der Waals surface area contributed by atoms with Crippen LogP contribution in [0.4, 0.5) is 0 Å². The minimum absolute atomic E-state index is 0.00295. The fourth-order valence-electron chi connectivity index (χ4n) is 2.17. The molecule has 1 atom stereocenters. The van der Waals surface area contributed by atoms with Crippen LogP contribution in [0.15, 0.2) is 36.4 Å². The summed E-state index contributed by atoms with van der Waals surface area (Å²) >= 11 is 18.4. The highest BCUT2D eigenvalue weighted by atomic mass is 35.5. The van der Waals surface area contributed by atoms with Gasteiger partial charge in [0.15, 0.2) is 0 Å². The fraction of sp³-hybridized carbons (Fsp3) is 0.200. The smallest absolute Gasteiger partial charge is 0.134 e. The molecule has 0 aliphatic heterocycles. The standard InChI is InChI=1S/C15H14Cl3NO/c16-11-2-1-3-12(17)15(11)10(8-19)6-9-4-5-14(20)13(18)7-9/h1-5,7,10,20H,6,8,19H2. The van der Waals surface area contributed by atoms with Crippen molar-refractivity contribution >= 4 is 34.8 Å². The average molecular weight is 331 g/mol. The van der Waals surface area contributed by atoms with Gasteiger partial charge in [0, 0.05) is 16.0 Å². The van der Waals surface area contributed by atoms with Gasteiger partial charge in [0.1, 0.15) is 5.75 Å². The Bertz CT molecular complexity index is 596. The second-order valence-corrected chi connectivity index (χ2v) is 5.78. The molecule has 1 unspecified atom stereocenters. The molecule has 0 aliphatic rings. The Morgan fingerprint density at radius 2 is 1.65 bits per heavy atom. The number of phenolic OH excluding ortho intramolecular Hbond substituents is 1. The SMILES string of the molecule is NCC(Cc1ccc(O)c(Cl)c1)c1c(Cl)cccc1Cl. The Balaban J connectivity index is 2.31. The first-order valence-corrected chi connectivity index (χ1v) is 7.27. The molecule has 5 heteroatoms. The summed E-state index contributed by atoms with van der Waals surface area (Å²) in [5.74, 6) is 0.0623. The summed E-state index contributed by atoms with van der Waals surface area (Å²) in [6.07, 6.45) is 0.653. The van der Waals surface area contributed by atoms with Crippen molar-refractivity contribution in [3.05, 3.63) is 62.6 Å². The van der Waals surface area contributed by atoms with Crippen molar-refractivity contribution in [2.75, 3.05) is 6.54 Å². The Hall–Kier alpha value is -0.930. The predicted molar refractivity (Wildman–Crippen MR) is 85.1 cm³/mol. The molecule has 0 saturated heterocycles. The lowest BCUT2D eigenvalue weighted by atomic mass is 9.92. The van der Waals surface area contributed by atoms with Crippen molar-refractivity contribution in [3.8, 4) is 5.75 Å². The second kappa shape index (κ2) is 6.68. The third kappa shape index (κ3) is 3.39. The lowest BCUT2D eigenvalue weighted by Crippen LogP contribution is -2.16. The Labute approximate surface area is 133 Å². The van der Waals surface area contributed by atoms with Crippen LogP contribution in [0, 0.1) is 0 Å². The second-order valence-electron chi connectivity index (χ2n) is 4.56. The van der Waals surface area contributed by atoms with Gasteiger partial charge in [-0.05, 0) is 48.4 Å². The number of rotatable bonds is 4. The van der Waals surface area contributed by atoms with Gasteiger partial charge >= 0.3 is 0 Å². The summed E-state index contributed by atoms with van der Waals surface area (Å²) in [7, 11) is 0. The van der Waals surface area contributed by atoms with Crippen LogP contribution in [0.1, 0.15) is 17.0 Å². The summed E-state index contributed by atoms with van der Waals surface area (Å²) in [6.45, 7) is 0.419. The minimum Gasteiger partial charge on any atom is -0.506 e. The van der Waals surface area contributed by atoms with Gasteiger partial charge in [-0.15, -0.1) is 0 Å². The predicted octanol–water partition coefficient (Wildman–Crippen LogP) is 4.64. The molecular formula is C15H14Cl3NO. The molecule has 0 aromatic heterocycles. The topological polar surface area (TPSA) is 46.2 Å². The number of nitrogens with two attached hydrogens (primary N) is 1. The van der Waals surface area contributed by atoms with Gasteiger partial charge in [-0.3, -0.25) is 0 Å². The molecule has 3 N–H and O–H groups in total. The molecule has 0 amide bonds. The third-order valence-corrected chi connectivity index (χ3v) is 4.15. The monoisotopic (exact) mass is 329 g/mol. The van der Waals surface area contributed by atoms with Gasteiger partial charge in [0.25, 0.3) is 0 Å². The van der Waals surface area contributed by atoms with Crippen LogP contribution in [0.3, 0.4) is 0 Å². The number of benzene rings is 2. The van der Waals surface area contributed by atoms with Gasteiger partial charge in [-0.1, -0.05) is 46.9 Å². The Morgan fingerprint density at radius 3 is 2.20 bits per heavy atom. The van der Waals surface area contributed by atoms with E-state index in [-0.39, 0.29) is 11.7 Å². The average Bonchev–Trinajstić information content (AvgIpc) is 2.41. The molecule has 0 saturated carbocycles. The largest absolute Gasteiger partial charge is 0.506 e. The van der Waals surface area contributed by atoms with E-state index in [0.717, 1.165) is 11.1 Å². The molecule has 0 heterocycles. The lowest BCUT2D eigenvalue weighted by molar-refractivity contribution is 0.475. The number of hydrogen-bond donors (Lipinski definition) is 2. The highest BCUT2D eigenvalue weighted by molar-refractivity contribution is 6.36. The zero-order chi connectivity index (χ0) is 14.7. The van der Waals surface area contributed by atoms with Crippen LogP contribution in [0.2, 0.25) is 15.1 Å². The number of hydrogen-bond acceptors (Lipinski definition) is 2. The summed E-state index contributed by atoms with van der Waals surface area (Å²) in [6, 6.07) is 10.5. The molecule has 106 valence electrons. The van der Waals surface area contributed by atoms with Crippen molar-refractivity contribution in [1.29, 1.82) is 0 Å². The van der Waals surface area contributed by atoms with Crippen molar-refractivity contribution in [3.63, 3.8) is 0 Å². The highest BCUT2D eigenvalue weighted by Crippen LogP contribution is 2.34. The van der Waals surface area contributed by atoms with E-state index in [1.165, 1.54) is 0 Å². The van der Waals surface area contributed by atoms with E-state index in [4.69, 9.17) is 40.5 Å². The first-order chi connectivity index (χ1) is 9.52. The minimum atomic E-state index is -0.00295. The van der Waals surface area contributed by atoms with Crippen LogP contribution in [0.5, 0.6) is 5.75 Å². The van der Waals surface area contributed by atoms with Crippen molar-refractivity contribution < 1.29 is 5.11 Å². The molecule has 2 rings (SSSR count). The van der Waals surface area contributed by atoms with Gasteiger partial charge in [-0.2, -0.15) is 0 Å². The molecule has 2 aromatic rings. The summed E-state index contributed by atoms with van der Waals surface area (Å²) < 4.78 is 0. The zero-order valence-electron chi connectivity index (χ0n) is 10.6. The summed E-state index contributed by atoms with van der Waals surface area (Å²) in [4.78, 5) is 0. The first-order valence-electron chi connectivity index (χ1n) is 6.14. The van der Waals surface area contributed by atoms with Crippen molar-refractivity contribution in [2.45, 2.75) is 12.3 Å². The molecular weight excluding hydrogens is 317 g/mol. The van der Waals surface area contributed by atoms with Crippen LogP contribution >= 0.6 is 34.8 Å². The molecule has 2 aromatic carbocycles. The number of halogens is 3. The quantitative estimate of drug-likeness (QED) is 0.858. The van der Waals surface area contributed by atoms with E-state index in [2.05, 4.69) is 0 Å².